The number of nitrogens with zero attached hydrogens (tertiary/aromatic N) is 3. The maximum Gasteiger partial charge on any atom is 0.230 e. The van der Waals surface area contributed by atoms with E-state index in [4.69, 9.17) is 14.5 Å². The molecule has 0 unspecified atom stereocenters. The quantitative estimate of drug-likeness (QED) is 0.859. The Morgan fingerprint density at radius 3 is 3.17 bits per heavy atom. The van der Waals surface area contributed by atoms with Crippen molar-refractivity contribution in [2.75, 3.05) is 26.8 Å². The average molecular weight is 394 g/mol. The van der Waals surface area contributed by atoms with E-state index in [2.05, 4.69) is 10.3 Å². The minimum Gasteiger partial charge on any atom is -0.497 e. The second kappa shape index (κ2) is 7.63. The number of carbonyl (C=O) groups excluding carboxylic acids is 1. The van der Waals surface area contributed by atoms with Crippen LogP contribution < -0.4 is 14.8 Å². The van der Waals surface area contributed by atoms with Gasteiger partial charge in [0.15, 0.2) is 5.82 Å². The number of hydrogen-bond acceptors (Lipinski definition) is 6. The van der Waals surface area contributed by atoms with Crippen molar-refractivity contribution >= 4 is 5.91 Å². The molecule has 2 aromatic rings. The number of benzene rings is 1. The van der Waals surface area contributed by atoms with Crippen LogP contribution in [0.1, 0.15) is 41.5 Å². The van der Waals surface area contributed by atoms with Gasteiger partial charge in [0, 0.05) is 43.5 Å². The van der Waals surface area contributed by atoms with Crippen molar-refractivity contribution in [1.82, 2.24) is 20.2 Å². The second-order valence-electron chi connectivity index (χ2n) is 8.00. The molecule has 1 N–H and O–H groups in total. The number of carbonyl (C=O) groups is 1. The maximum atomic E-state index is 13.4. The first-order valence-electron chi connectivity index (χ1n) is 10.4. The second-order valence-corrected chi connectivity index (χ2v) is 8.00. The molecule has 3 aliphatic heterocycles. The van der Waals surface area contributed by atoms with Crippen molar-refractivity contribution in [2.24, 2.45) is 5.92 Å². The van der Waals surface area contributed by atoms with Crippen LogP contribution in [0.15, 0.2) is 24.4 Å². The molecule has 1 saturated heterocycles. The lowest BCUT2D eigenvalue weighted by Crippen LogP contribution is -2.41. The number of likely N-dealkylation sites (tertiary alicyclic amines) is 1. The highest BCUT2D eigenvalue weighted by atomic mass is 16.5. The van der Waals surface area contributed by atoms with Crippen LogP contribution in [0.4, 0.5) is 0 Å². The number of methoxy groups -OCH3 is 1. The van der Waals surface area contributed by atoms with Gasteiger partial charge < -0.3 is 19.7 Å². The third kappa shape index (κ3) is 3.44. The van der Waals surface area contributed by atoms with Crippen LogP contribution in [-0.2, 0) is 24.2 Å². The van der Waals surface area contributed by atoms with E-state index < -0.39 is 0 Å². The number of amides is 1. The summed E-state index contributed by atoms with van der Waals surface area (Å²) in [6.45, 7) is 2.94. The predicted octanol–water partition coefficient (Wildman–Crippen LogP) is 2.05. The van der Waals surface area contributed by atoms with E-state index in [9.17, 15) is 4.79 Å². The Balaban J connectivity index is 1.35. The summed E-state index contributed by atoms with van der Waals surface area (Å²) < 4.78 is 11.2. The molecule has 1 aromatic heterocycles. The summed E-state index contributed by atoms with van der Waals surface area (Å²) in [5, 5.41) is 3.35. The third-order valence-corrected chi connectivity index (χ3v) is 6.18. The normalized spacial score (nSPS) is 23.1. The molecule has 0 spiro atoms. The van der Waals surface area contributed by atoms with Crippen LogP contribution in [-0.4, -0.2) is 47.6 Å². The molecule has 152 valence electrons. The van der Waals surface area contributed by atoms with Gasteiger partial charge in [0.25, 0.3) is 0 Å². The largest absolute Gasteiger partial charge is 0.497 e. The molecule has 0 saturated carbocycles. The Morgan fingerprint density at radius 2 is 2.28 bits per heavy atom. The van der Waals surface area contributed by atoms with Crippen molar-refractivity contribution in [1.29, 1.82) is 0 Å². The Morgan fingerprint density at radius 1 is 1.34 bits per heavy atom. The van der Waals surface area contributed by atoms with Crippen LogP contribution in [0.2, 0.25) is 0 Å². The van der Waals surface area contributed by atoms with Gasteiger partial charge in [0.2, 0.25) is 5.91 Å². The van der Waals surface area contributed by atoms with E-state index in [-0.39, 0.29) is 17.9 Å². The van der Waals surface area contributed by atoms with E-state index in [0.29, 0.717) is 13.0 Å². The lowest BCUT2D eigenvalue weighted by molar-refractivity contribution is -0.138. The predicted molar refractivity (Wildman–Crippen MR) is 107 cm³/mol. The lowest BCUT2D eigenvalue weighted by Gasteiger charge is -2.31. The number of ether oxygens (including phenoxy) is 2. The van der Waals surface area contributed by atoms with Crippen LogP contribution in [0.25, 0.3) is 0 Å². The molecule has 1 amide bonds. The van der Waals surface area contributed by atoms with E-state index in [1.54, 1.807) is 7.11 Å². The molecule has 7 heteroatoms. The SMILES string of the molecule is COc1ccc2c(c1)C[C@H](C(=O)N1CCC[C@H]1c1ncc3c(n1)CCNC3)CO2. The molecular formula is C22H26N4O3. The number of hydrogen-bond donors (Lipinski definition) is 1. The monoisotopic (exact) mass is 394 g/mol. The van der Waals surface area contributed by atoms with Gasteiger partial charge in [-0.25, -0.2) is 9.97 Å². The van der Waals surface area contributed by atoms with Gasteiger partial charge in [0.1, 0.15) is 18.1 Å². The summed E-state index contributed by atoms with van der Waals surface area (Å²) in [7, 11) is 1.65. The minimum absolute atomic E-state index is 0.0330. The number of nitrogens with one attached hydrogen (secondary N) is 1. The van der Waals surface area contributed by atoms with E-state index in [0.717, 1.165) is 67.5 Å². The van der Waals surface area contributed by atoms with Crippen molar-refractivity contribution < 1.29 is 14.3 Å². The van der Waals surface area contributed by atoms with Crippen LogP contribution in [0, 0.1) is 5.92 Å². The molecule has 2 atom stereocenters. The Hall–Kier alpha value is -2.67. The summed E-state index contributed by atoms with van der Waals surface area (Å²) in [5.74, 6) is 2.38. The molecule has 4 heterocycles. The molecule has 5 rings (SSSR count). The van der Waals surface area contributed by atoms with Crippen molar-refractivity contribution in [2.45, 2.75) is 38.3 Å². The van der Waals surface area contributed by atoms with Crippen LogP contribution in [0.3, 0.4) is 0 Å². The molecular weight excluding hydrogens is 368 g/mol. The van der Waals surface area contributed by atoms with Crippen molar-refractivity contribution in [3.8, 4) is 11.5 Å². The Labute approximate surface area is 170 Å². The van der Waals surface area contributed by atoms with Crippen molar-refractivity contribution in [3.05, 3.63) is 47.0 Å². The third-order valence-electron chi connectivity index (χ3n) is 6.18. The van der Waals surface area contributed by atoms with Gasteiger partial charge in [-0.2, -0.15) is 0 Å². The standard InChI is InChI=1S/C22H26N4O3/c1-28-17-4-5-20-14(10-17)9-15(13-29-20)22(27)26-8-2-3-19(26)21-24-12-16-11-23-7-6-18(16)25-21/h4-5,10,12,15,19,23H,2-3,6-9,11,13H2,1H3/t15-,19-/m0/s1. The number of aromatic nitrogens is 2. The molecule has 0 bridgehead atoms. The molecule has 3 aliphatic rings. The smallest absolute Gasteiger partial charge is 0.230 e. The first-order valence-corrected chi connectivity index (χ1v) is 10.4. The summed E-state index contributed by atoms with van der Waals surface area (Å²) in [4.78, 5) is 24.8. The maximum absolute atomic E-state index is 13.4. The molecule has 0 radical (unpaired) electrons. The average Bonchev–Trinajstić information content (AvgIpc) is 3.27. The Bertz CT molecular complexity index is 932. The fraction of sp³-hybridized carbons (Fsp3) is 0.500. The number of rotatable bonds is 3. The molecule has 1 fully saturated rings. The van der Waals surface area contributed by atoms with E-state index in [1.165, 1.54) is 5.56 Å². The van der Waals surface area contributed by atoms with Gasteiger partial charge >= 0.3 is 0 Å². The lowest BCUT2D eigenvalue weighted by atomic mass is 9.95. The van der Waals surface area contributed by atoms with Gasteiger partial charge in [-0.1, -0.05) is 0 Å². The highest BCUT2D eigenvalue weighted by molar-refractivity contribution is 5.80. The van der Waals surface area contributed by atoms with Gasteiger partial charge in [-0.15, -0.1) is 0 Å². The highest BCUT2D eigenvalue weighted by Crippen LogP contribution is 2.35. The zero-order valence-electron chi connectivity index (χ0n) is 16.7. The fourth-order valence-electron chi connectivity index (χ4n) is 4.60. The van der Waals surface area contributed by atoms with Crippen molar-refractivity contribution in [3.63, 3.8) is 0 Å². The zero-order chi connectivity index (χ0) is 19.8. The van der Waals surface area contributed by atoms with Crippen LogP contribution in [0.5, 0.6) is 11.5 Å². The summed E-state index contributed by atoms with van der Waals surface area (Å²) in [5.41, 5.74) is 3.32. The summed E-state index contributed by atoms with van der Waals surface area (Å²) in [6, 6.07) is 5.75. The van der Waals surface area contributed by atoms with Crippen LogP contribution >= 0.6 is 0 Å². The van der Waals surface area contributed by atoms with E-state index >= 15 is 0 Å². The zero-order valence-corrected chi connectivity index (χ0v) is 16.7. The summed E-state index contributed by atoms with van der Waals surface area (Å²) in [6.07, 6.45) is 5.42. The van der Waals surface area contributed by atoms with Gasteiger partial charge in [-0.05, 0) is 43.0 Å². The molecule has 1 aromatic carbocycles. The molecule has 29 heavy (non-hydrogen) atoms. The molecule has 7 nitrogen and oxygen atoms in total. The molecule has 0 aliphatic carbocycles. The first-order chi connectivity index (χ1) is 14.2. The minimum atomic E-state index is -0.183. The topological polar surface area (TPSA) is 76.6 Å². The summed E-state index contributed by atoms with van der Waals surface area (Å²) >= 11 is 0. The first kappa shape index (κ1) is 18.4. The highest BCUT2D eigenvalue weighted by Gasteiger charge is 2.37. The Kier molecular flexibility index (Phi) is 4.83. The van der Waals surface area contributed by atoms with Gasteiger partial charge in [-0.3, -0.25) is 4.79 Å². The van der Waals surface area contributed by atoms with Gasteiger partial charge in [0.05, 0.1) is 19.1 Å². The fourth-order valence-corrected chi connectivity index (χ4v) is 4.60. The number of fused-ring (bicyclic) bond motifs is 2. The van der Waals surface area contributed by atoms with E-state index in [1.807, 2.05) is 29.3 Å².